The quantitative estimate of drug-likeness (QED) is 0.0272. The molecule has 0 aromatic carbocycles. The van der Waals surface area contributed by atoms with Gasteiger partial charge in [0.1, 0.15) is 13.2 Å². The third-order valence-corrected chi connectivity index (χ3v) is 15.7. The monoisotopic (exact) mass is 1090 g/mol. The first-order valence-corrected chi connectivity index (χ1v) is 34.1. The molecule has 0 rings (SSSR count). The molecule has 1 amide bonds. The predicted octanol–water partition coefficient (Wildman–Crippen LogP) is 19.8. The van der Waals surface area contributed by atoms with Crippen LogP contribution in [0.1, 0.15) is 309 Å². The number of aliphatic hydroxyl groups is 1. The number of aliphatic hydroxyl groups excluding tert-OH is 1. The average Bonchev–Trinajstić information content (AvgIpc) is 3.38. The van der Waals surface area contributed by atoms with Gasteiger partial charge in [-0.2, -0.15) is 0 Å². The van der Waals surface area contributed by atoms with E-state index in [1.165, 1.54) is 212 Å². The van der Waals surface area contributed by atoms with Crippen molar-refractivity contribution in [2.75, 3.05) is 40.9 Å². The van der Waals surface area contributed by atoms with Crippen molar-refractivity contribution in [1.82, 2.24) is 5.32 Å². The molecule has 0 fully saturated rings. The molecule has 0 aliphatic rings. The zero-order valence-corrected chi connectivity index (χ0v) is 51.9. The molecule has 8 nitrogen and oxygen atoms in total. The Labute approximate surface area is 472 Å². The van der Waals surface area contributed by atoms with Gasteiger partial charge in [0.25, 0.3) is 7.82 Å². The Hall–Kier alpha value is -1.80. The number of allylic oxidation sites excluding steroid dienone is 10. The van der Waals surface area contributed by atoms with E-state index in [-0.39, 0.29) is 19.1 Å². The van der Waals surface area contributed by atoms with E-state index < -0.39 is 20.0 Å². The average molecular weight is 1090 g/mol. The van der Waals surface area contributed by atoms with Gasteiger partial charge in [-0.1, -0.05) is 306 Å². The SMILES string of the molecule is CC/C=C\C/C=C\C/C=C\C/C=C\C/C=C\CCCCCCCCCCCCCCCCCC(=O)NC(COP(=O)([O-])OCC[N+](C)(C)C)C(O)CCCCCCCCCCCCCCCCCCCCCCCCC. The lowest BCUT2D eigenvalue weighted by Crippen LogP contribution is -2.46. The first kappa shape index (κ1) is 74.2. The maximum absolute atomic E-state index is 13.0. The summed E-state index contributed by atoms with van der Waals surface area (Å²) in [6, 6.07) is -0.804. The number of rotatable bonds is 60. The minimum atomic E-state index is -4.58. The molecule has 446 valence electrons. The van der Waals surface area contributed by atoms with Crippen molar-refractivity contribution in [3.05, 3.63) is 60.8 Å². The van der Waals surface area contributed by atoms with Crippen LogP contribution in [0.4, 0.5) is 0 Å². The summed E-state index contributed by atoms with van der Waals surface area (Å²) >= 11 is 0. The minimum Gasteiger partial charge on any atom is -0.756 e. The van der Waals surface area contributed by atoms with E-state index in [1.54, 1.807) is 0 Å². The fourth-order valence-corrected chi connectivity index (χ4v) is 10.4. The van der Waals surface area contributed by atoms with Gasteiger partial charge in [0, 0.05) is 6.42 Å². The van der Waals surface area contributed by atoms with Crippen molar-refractivity contribution in [2.24, 2.45) is 0 Å². The molecule has 0 bridgehead atoms. The molecule has 9 heteroatoms. The van der Waals surface area contributed by atoms with E-state index in [0.717, 1.165) is 70.6 Å². The molecule has 2 N–H and O–H groups in total. The molecule has 0 aliphatic carbocycles. The highest BCUT2D eigenvalue weighted by molar-refractivity contribution is 7.45. The smallest absolute Gasteiger partial charge is 0.268 e. The fraction of sp³-hybridized carbons (Fsp3) is 0.836. The molecule has 0 aromatic rings. The third kappa shape index (κ3) is 59.9. The van der Waals surface area contributed by atoms with E-state index in [9.17, 15) is 19.4 Å². The molecule has 0 saturated carbocycles. The number of carbonyl (C=O) groups is 1. The van der Waals surface area contributed by atoms with E-state index in [4.69, 9.17) is 9.05 Å². The van der Waals surface area contributed by atoms with Gasteiger partial charge in [-0.15, -0.1) is 0 Å². The molecule has 0 saturated heterocycles. The van der Waals surface area contributed by atoms with Crippen molar-refractivity contribution >= 4 is 13.7 Å². The molecule has 0 aliphatic heterocycles. The second kappa shape index (κ2) is 57.9. The van der Waals surface area contributed by atoms with Gasteiger partial charge in [0.15, 0.2) is 0 Å². The number of hydrogen-bond acceptors (Lipinski definition) is 6. The lowest BCUT2D eigenvalue weighted by molar-refractivity contribution is -0.870. The summed E-state index contributed by atoms with van der Waals surface area (Å²) in [6.07, 6.45) is 78.4. The second-order valence-electron chi connectivity index (χ2n) is 23.4. The zero-order valence-electron chi connectivity index (χ0n) is 51.0. The van der Waals surface area contributed by atoms with Crippen LogP contribution in [0.15, 0.2) is 60.8 Å². The van der Waals surface area contributed by atoms with E-state index >= 15 is 0 Å². The highest BCUT2D eigenvalue weighted by atomic mass is 31.2. The van der Waals surface area contributed by atoms with Crippen LogP contribution < -0.4 is 10.2 Å². The lowest BCUT2D eigenvalue weighted by atomic mass is 10.0. The number of likely N-dealkylation sites (N-methyl/N-ethyl adjacent to an activating group) is 1. The summed E-state index contributed by atoms with van der Waals surface area (Å²) in [4.78, 5) is 25.6. The molecular formula is C67H127N2O6P. The third-order valence-electron chi connectivity index (χ3n) is 14.8. The molecule has 0 heterocycles. The van der Waals surface area contributed by atoms with Crippen LogP contribution in [-0.2, 0) is 18.4 Å². The standard InChI is InChI=1S/C67H127N2O6P/c1-6-8-10-12-14-16-18-20-22-24-26-28-30-31-32-33-34-35-36-37-39-41-43-45-47-49-51-53-55-57-59-61-67(71)68-65(64-75-76(72,73)74-63-62-69(3,4)5)66(70)60-58-56-54-52-50-48-46-44-42-40-38-29-27-25-23-21-19-17-15-13-11-9-7-2/h8,10,14,16,20,22,26,28,31-32,65-66,70H,6-7,9,11-13,15,17-19,21,23-25,27,29-30,33-64H2,1-5H3,(H-,68,71,72,73)/b10-8-,16-14-,22-20-,28-26-,32-31-. The molecule has 0 radical (unpaired) electrons. The number of amides is 1. The Morgan fingerprint density at radius 2 is 0.803 bits per heavy atom. The second-order valence-corrected chi connectivity index (χ2v) is 24.9. The van der Waals surface area contributed by atoms with Gasteiger partial charge >= 0.3 is 0 Å². The molecule has 3 atom stereocenters. The topological polar surface area (TPSA) is 108 Å². The Morgan fingerprint density at radius 1 is 0.474 bits per heavy atom. The summed E-state index contributed by atoms with van der Waals surface area (Å²) in [5.74, 6) is -0.162. The minimum absolute atomic E-state index is 0.0119. The van der Waals surface area contributed by atoms with Gasteiger partial charge in [0.05, 0.1) is 39.9 Å². The Kier molecular flexibility index (Phi) is 56.5. The maximum atomic E-state index is 13.0. The van der Waals surface area contributed by atoms with Gasteiger partial charge in [-0.3, -0.25) is 9.36 Å². The Morgan fingerprint density at radius 3 is 1.17 bits per heavy atom. The first-order chi connectivity index (χ1) is 37.0. The van der Waals surface area contributed by atoms with E-state index in [0.29, 0.717) is 23.9 Å². The predicted molar refractivity (Wildman–Crippen MR) is 330 cm³/mol. The summed E-state index contributed by atoms with van der Waals surface area (Å²) in [5.41, 5.74) is 0. The number of nitrogens with zero attached hydrogens (tertiary/aromatic N) is 1. The number of nitrogens with one attached hydrogen (secondary N) is 1. The number of quaternary nitrogens is 1. The van der Waals surface area contributed by atoms with Crippen LogP contribution in [0.2, 0.25) is 0 Å². The number of phosphoric ester groups is 1. The van der Waals surface area contributed by atoms with E-state index in [1.807, 2.05) is 21.1 Å². The van der Waals surface area contributed by atoms with Gasteiger partial charge in [-0.05, 0) is 57.8 Å². The summed E-state index contributed by atoms with van der Waals surface area (Å²) in [6.45, 7) is 4.65. The molecule has 3 unspecified atom stereocenters. The molecule has 0 spiro atoms. The van der Waals surface area contributed by atoms with Crippen molar-refractivity contribution in [3.8, 4) is 0 Å². The summed E-state index contributed by atoms with van der Waals surface area (Å²) in [5, 5.41) is 14.1. The largest absolute Gasteiger partial charge is 0.756 e. The van der Waals surface area contributed by atoms with Crippen molar-refractivity contribution in [3.63, 3.8) is 0 Å². The molecular weight excluding hydrogens is 960 g/mol. The fourth-order valence-electron chi connectivity index (χ4n) is 9.72. The first-order valence-electron chi connectivity index (χ1n) is 32.6. The van der Waals surface area contributed by atoms with Crippen LogP contribution in [0, 0.1) is 0 Å². The zero-order chi connectivity index (χ0) is 55.6. The van der Waals surface area contributed by atoms with Crippen LogP contribution in [-0.4, -0.2) is 68.5 Å². The van der Waals surface area contributed by atoms with Gasteiger partial charge < -0.3 is 28.8 Å². The van der Waals surface area contributed by atoms with Crippen molar-refractivity contribution < 1.29 is 32.9 Å². The Balaban J connectivity index is 4.07. The van der Waals surface area contributed by atoms with Crippen molar-refractivity contribution in [1.29, 1.82) is 0 Å². The summed E-state index contributed by atoms with van der Waals surface area (Å²) in [7, 11) is 1.31. The van der Waals surface area contributed by atoms with Crippen molar-refractivity contribution in [2.45, 2.75) is 321 Å². The molecule has 0 aromatic heterocycles. The van der Waals surface area contributed by atoms with Crippen LogP contribution >= 0.6 is 7.82 Å². The number of phosphoric acid groups is 1. The van der Waals surface area contributed by atoms with Crippen LogP contribution in [0.3, 0.4) is 0 Å². The number of hydrogen-bond donors (Lipinski definition) is 2. The number of carbonyl (C=O) groups excluding carboxylic acids is 1. The molecule has 76 heavy (non-hydrogen) atoms. The summed E-state index contributed by atoms with van der Waals surface area (Å²) < 4.78 is 23.5. The van der Waals surface area contributed by atoms with Crippen LogP contribution in [0.5, 0.6) is 0 Å². The van der Waals surface area contributed by atoms with Crippen LogP contribution in [0.25, 0.3) is 0 Å². The van der Waals surface area contributed by atoms with Gasteiger partial charge in [-0.25, -0.2) is 0 Å². The normalized spacial score (nSPS) is 14.1. The number of unbranched alkanes of at least 4 members (excludes halogenated alkanes) is 37. The highest BCUT2D eigenvalue weighted by Gasteiger charge is 2.24. The highest BCUT2D eigenvalue weighted by Crippen LogP contribution is 2.38. The van der Waals surface area contributed by atoms with E-state index in [2.05, 4.69) is 79.9 Å². The Bertz CT molecular complexity index is 1420. The maximum Gasteiger partial charge on any atom is 0.268 e. The lowest BCUT2D eigenvalue weighted by Gasteiger charge is -2.30. The van der Waals surface area contributed by atoms with Gasteiger partial charge in [0.2, 0.25) is 5.91 Å².